The molecule has 0 spiro atoms. The molecule has 7 heteroatoms. The maximum absolute atomic E-state index is 12.0. The average molecular weight is 271 g/mol. The second kappa shape index (κ2) is 6.21. The maximum Gasteiger partial charge on any atom is 0.334 e. The van der Waals surface area contributed by atoms with E-state index in [1.807, 2.05) is 0 Å². The number of carboxylic acid groups (broad SMARTS) is 1. The summed E-state index contributed by atoms with van der Waals surface area (Å²) in [6.07, 6.45) is 1.35. The van der Waals surface area contributed by atoms with E-state index in [0.717, 1.165) is 19.4 Å². The van der Waals surface area contributed by atoms with Crippen molar-refractivity contribution in [2.75, 3.05) is 39.8 Å². The van der Waals surface area contributed by atoms with Crippen LogP contribution in [0.4, 0.5) is 4.79 Å². The molecule has 108 valence electrons. The first-order valence-corrected chi connectivity index (χ1v) is 6.65. The van der Waals surface area contributed by atoms with Crippen LogP contribution in [0.3, 0.4) is 0 Å². The van der Waals surface area contributed by atoms with Crippen LogP contribution in [0.5, 0.6) is 0 Å². The average Bonchev–Trinajstić information content (AvgIpc) is 2.81. The van der Waals surface area contributed by atoms with E-state index in [1.165, 1.54) is 4.90 Å². The van der Waals surface area contributed by atoms with E-state index in [4.69, 9.17) is 9.84 Å². The van der Waals surface area contributed by atoms with Crippen LogP contribution in [0.1, 0.15) is 12.8 Å². The Hall–Kier alpha value is -1.34. The third-order valence-corrected chi connectivity index (χ3v) is 3.79. The van der Waals surface area contributed by atoms with Gasteiger partial charge in [-0.2, -0.15) is 0 Å². The Morgan fingerprint density at radius 2 is 2.21 bits per heavy atom. The van der Waals surface area contributed by atoms with Gasteiger partial charge in [0.25, 0.3) is 0 Å². The molecule has 2 N–H and O–H groups in total. The highest BCUT2D eigenvalue weighted by Gasteiger charge is 2.29. The van der Waals surface area contributed by atoms with E-state index in [-0.39, 0.29) is 19.2 Å². The first kappa shape index (κ1) is 14.1. The Kier molecular flexibility index (Phi) is 4.60. The highest BCUT2D eigenvalue weighted by molar-refractivity contribution is 5.77. The number of ether oxygens (including phenoxy) is 1. The monoisotopic (exact) mass is 271 g/mol. The van der Waals surface area contributed by atoms with E-state index in [1.54, 1.807) is 0 Å². The van der Waals surface area contributed by atoms with Gasteiger partial charge in [-0.1, -0.05) is 0 Å². The predicted octanol–water partition coefficient (Wildman–Crippen LogP) is -0.424. The van der Waals surface area contributed by atoms with E-state index in [9.17, 15) is 9.59 Å². The van der Waals surface area contributed by atoms with Gasteiger partial charge in [-0.05, 0) is 26.4 Å². The van der Waals surface area contributed by atoms with Gasteiger partial charge in [0.15, 0.2) is 6.10 Å². The zero-order valence-corrected chi connectivity index (χ0v) is 11.2. The Morgan fingerprint density at radius 3 is 2.84 bits per heavy atom. The lowest BCUT2D eigenvalue weighted by molar-refractivity contribution is -0.154. The number of carbonyl (C=O) groups is 2. The molecule has 2 atom stereocenters. The number of aliphatic carboxylic acids is 1. The van der Waals surface area contributed by atoms with Crippen molar-refractivity contribution in [1.82, 2.24) is 15.1 Å². The first-order chi connectivity index (χ1) is 9.08. The Morgan fingerprint density at radius 1 is 1.42 bits per heavy atom. The van der Waals surface area contributed by atoms with E-state index in [2.05, 4.69) is 17.3 Å². The van der Waals surface area contributed by atoms with Crippen molar-refractivity contribution in [3.63, 3.8) is 0 Å². The Bertz CT molecular complexity index is 350. The second-order valence-electron chi connectivity index (χ2n) is 5.11. The van der Waals surface area contributed by atoms with Crippen LogP contribution in [-0.4, -0.2) is 78.9 Å². The zero-order chi connectivity index (χ0) is 13.8. The number of rotatable bonds is 3. The smallest absolute Gasteiger partial charge is 0.334 e. The van der Waals surface area contributed by atoms with Crippen LogP contribution in [0, 0.1) is 0 Å². The van der Waals surface area contributed by atoms with Crippen molar-refractivity contribution < 1.29 is 19.4 Å². The van der Waals surface area contributed by atoms with E-state index >= 15 is 0 Å². The van der Waals surface area contributed by atoms with Gasteiger partial charge in [0, 0.05) is 19.1 Å². The Labute approximate surface area is 112 Å². The quantitative estimate of drug-likeness (QED) is 0.728. The molecule has 2 aliphatic heterocycles. The molecule has 2 amide bonds. The number of hydrogen-bond acceptors (Lipinski definition) is 4. The maximum atomic E-state index is 12.0. The molecule has 0 aliphatic carbocycles. The van der Waals surface area contributed by atoms with Crippen molar-refractivity contribution >= 4 is 12.0 Å². The SMILES string of the molecule is CN1CCCC1CNC(=O)N1CCOC(C(=O)O)C1. The van der Waals surface area contributed by atoms with Crippen LogP contribution in [0.25, 0.3) is 0 Å². The molecule has 2 aliphatic rings. The van der Waals surface area contributed by atoms with E-state index in [0.29, 0.717) is 19.1 Å². The summed E-state index contributed by atoms with van der Waals surface area (Å²) in [4.78, 5) is 26.6. The lowest BCUT2D eigenvalue weighted by Gasteiger charge is -2.31. The number of likely N-dealkylation sites (N-methyl/N-ethyl adjacent to an activating group) is 1. The lowest BCUT2D eigenvalue weighted by Crippen LogP contribution is -2.53. The molecule has 0 aromatic rings. The van der Waals surface area contributed by atoms with Crippen LogP contribution < -0.4 is 5.32 Å². The number of morpholine rings is 1. The minimum atomic E-state index is -1.02. The van der Waals surface area contributed by atoms with Crippen molar-refractivity contribution in [3.8, 4) is 0 Å². The number of likely N-dealkylation sites (tertiary alicyclic amines) is 1. The number of nitrogens with one attached hydrogen (secondary N) is 1. The summed E-state index contributed by atoms with van der Waals surface area (Å²) in [7, 11) is 2.05. The van der Waals surface area contributed by atoms with Gasteiger partial charge in [0.1, 0.15) is 0 Å². The summed E-state index contributed by atoms with van der Waals surface area (Å²) in [5.41, 5.74) is 0. The highest BCUT2D eigenvalue weighted by Crippen LogP contribution is 2.13. The summed E-state index contributed by atoms with van der Waals surface area (Å²) >= 11 is 0. The fourth-order valence-corrected chi connectivity index (χ4v) is 2.54. The number of urea groups is 1. The fourth-order valence-electron chi connectivity index (χ4n) is 2.54. The zero-order valence-electron chi connectivity index (χ0n) is 11.2. The van der Waals surface area contributed by atoms with Crippen molar-refractivity contribution in [2.45, 2.75) is 25.0 Å². The topological polar surface area (TPSA) is 82.1 Å². The Balaban J connectivity index is 1.77. The molecule has 2 saturated heterocycles. The first-order valence-electron chi connectivity index (χ1n) is 6.65. The van der Waals surface area contributed by atoms with Crippen molar-refractivity contribution in [3.05, 3.63) is 0 Å². The third kappa shape index (κ3) is 3.57. The molecule has 0 aromatic heterocycles. The number of carboxylic acids is 1. The second-order valence-corrected chi connectivity index (χ2v) is 5.11. The molecule has 2 heterocycles. The largest absolute Gasteiger partial charge is 0.479 e. The molecule has 19 heavy (non-hydrogen) atoms. The normalized spacial score (nSPS) is 28.4. The van der Waals surface area contributed by atoms with Crippen LogP contribution in [0.15, 0.2) is 0 Å². The van der Waals surface area contributed by atoms with Gasteiger partial charge in [-0.15, -0.1) is 0 Å². The predicted molar refractivity (Wildman–Crippen MR) is 68.0 cm³/mol. The summed E-state index contributed by atoms with van der Waals surface area (Å²) in [5, 5.41) is 11.8. The molecule has 7 nitrogen and oxygen atoms in total. The number of carbonyl (C=O) groups excluding carboxylic acids is 1. The highest BCUT2D eigenvalue weighted by atomic mass is 16.5. The minimum absolute atomic E-state index is 0.113. The third-order valence-electron chi connectivity index (χ3n) is 3.79. The van der Waals surface area contributed by atoms with Crippen LogP contribution in [-0.2, 0) is 9.53 Å². The molecule has 0 radical (unpaired) electrons. The lowest BCUT2D eigenvalue weighted by atomic mass is 10.2. The number of nitrogens with zero attached hydrogens (tertiary/aromatic N) is 2. The minimum Gasteiger partial charge on any atom is -0.479 e. The molecular formula is C12H21N3O4. The number of amides is 2. The van der Waals surface area contributed by atoms with Crippen LogP contribution in [0.2, 0.25) is 0 Å². The van der Waals surface area contributed by atoms with Crippen LogP contribution >= 0.6 is 0 Å². The molecule has 2 fully saturated rings. The van der Waals surface area contributed by atoms with Gasteiger partial charge in [-0.3, -0.25) is 0 Å². The van der Waals surface area contributed by atoms with Crippen molar-refractivity contribution in [1.29, 1.82) is 0 Å². The van der Waals surface area contributed by atoms with E-state index < -0.39 is 12.1 Å². The molecule has 0 saturated carbocycles. The molecule has 2 rings (SSSR count). The molecule has 0 aromatic carbocycles. The summed E-state index contributed by atoms with van der Waals surface area (Å²) in [6.45, 7) is 2.51. The van der Waals surface area contributed by atoms with Gasteiger partial charge in [0.2, 0.25) is 0 Å². The fraction of sp³-hybridized carbons (Fsp3) is 0.833. The van der Waals surface area contributed by atoms with Crippen molar-refractivity contribution in [2.24, 2.45) is 0 Å². The summed E-state index contributed by atoms with van der Waals surface area (Å²) in [6, 6.07) is 0.190. The van der Waals surface area contributed by atoms with Gasteiger partial charge >= 0.3 is 12.0 Å². The molecular weight excluding hydrogens is 250 g/mol. The molecule has 2 unspecified atom stereocenters. The molecule has 0 bridgehead atoms. The van der Waals surface area contributed by atoms with Gasteiger partial charge in [0.05, 0.1) is 13.2 Å². The van der Waals surface area contributed by atoms with Gasteiger partial charge in [-0.25, -0.2) is 9.59 Å². The van der Waals surface area contributed by atoms with Gasteiger partial charge < -0.3 is 25.0 Å². The number of hydrogen-bond donors (Lipinski definition) is 2. The standard InChI is InChI=1S/C12H21N3O4/c1-14-4-2-3-9(14)7-13-12(18)15-5-6-19-10(8-15)11(16)17/h9-10H,2-8H2,1H3,(H,13,18)(H,16,17). The summed E-state index contributed by atoms with van der Waals surface area (Å²) in [5.74, 6) is -1.02. The summed E-state index contributed by atoms with van der Waals surface area (Å²) < 4.78 is 5.09.